The molecular weight excluding hydrogens is 196 g/mol. The first-order valence-electron chi connectivity index (χ1n) is 7.04. The van der Waals surface area contributed by atoms with Crippen LogP contribution in [0.3, 0.4) is 0 Å². The van der Waals surface area contributed by atoms with Gasteiger partial charge in [-0.1, -0.05) is 27.7 Å². The number of hydrogen-bond acceptors (Lipinski definition) is 2. The fraction of sp³-hybridized carbons (Fsp3) is 1.00. The Morgan fingerprint density at radius 3 is 2.50 bits per heavy atom. The van der Waals surface area contributed by atoms with Crippen LogP contribution in [0.25, 0.3) is 0 Å². The number of rotatable bonds is 6. The highest BCUT2D eigenvalue weighted by Gasteiger charge is 2.32. The van der Waals surface area contributed by atoms with Crippen molar-refractivity contribution in [3.63, 3.8) is 0 Å². The quantitative estimate of drug-likeness (QED) is 0.749. The monoisotopic (exact) mass is 226 g/mol. The number of nitrogens with one attached hydrogen (secondary N) is 1. The normalized spacial score (nSPS) is 26.2. The van der Waals surface area contributed by atoms with Crippen LogP contribution in [0.15, 0.2) is 0 Å². The van der Waals surface area contributed by atoms with Crippen molar-refractivity contribution in [1.82, 2.24) is 10.2 Å². The Kier molecular flexibility index (Phi) is 5.77. The molecule has 3 unspecified atom stereocenters. The summed E-state index contributed by atoms with van der Waals surface area (Å²) < 4.78 is 0. The van der Waals surface area contributed by atoms with Gasteiger partial charge in [0.25, 0.3) is 0 Å². The zero-order chi connectivity index (χ0) is 12.1. The minimum Gasteiger partial charge on any atom is -0.317 e. The first kappa shape index (κ1) is 14.0. The fourth-order valence-corrected chi connectivity index (χ4v) is 2.91. The smallest absolute Gasteiger partial charge is 0.0122 e. The van der Waals surface area contributed by atoms with Gasteiger partial charge in [-0.3, -0.25) is 4.90 Å². The van der Waals surface area contributed by atoms with Crippen molar-refractivity contribution in [2.24, 2.45) is 11.8 Å². The van der Waals surface area contributed by atoms with Crippen molar-refractivity contribution in [3.05, 3.63) is 0 Å². The predicted octanol–water partition coefficient (Wildman–Crippen LogP) is 2.74. The molecular formula is C14H30N2. The Bertz CT molecular complexity index is 191. The summed E-state index contributed by atoms with van der Waals surface area (Å²) in [5.74, 6) is 1.55. The van der Waals surface area contributed by atoms with Gasteiger partial charge < -0.3 is 5.32 Å². The largest absolute Gasteiger partial charge is 0.317 e. The molecule has 1 fully saturated rings. The molecule has 2 heteroatoms. The van der Waals surface area contributed by atoms with Gasteiger partial charge in [-0.25, -0.2) is 0 Å². The van der Waals surface area contributed by atoms with E-state index in [0.29, 0.717) is 6.04 Å². The van der Waals surface area contributed by atoms with E-state index in [1.54, 1.807) is 0 Å². The number of hydrogen-bond donors (Lipinski definition) is 1. The van der Waals surface area contributed by atoms with E-state index in [0.717, 1.165) is 31.0 Å². The van der Waals surface area contributed by atoms with Crippen LogP contribution in [0.5, 0.6) is 0 Å². The molecule has 1 rings (SSSR count). The molecule has 0 amide bonds. The molecule has 16 heavy (non-hydrogen) atoms. The van der Waals surface area contributed by atoms with E-state index < -0.39 is 0 Å². The molecule has 1 N–H and O–H groups in total. The van der Waals surface area contributed by atoms with Crippen molar-refractivity contribution in [3.8, 4) is 0 Å². The van der Waals surface area contributed by atoms with Gasteiger partial charge in [0.1, 0.15) is 0 Å². The molecule has 1 aliphatic heterocycles. The summed E-state index contributed by atoms with van der Waals surface area (Å²) in [4.78, 5) is 2.74. The number of nitrogens with zero attached hydrogens (tertiary/aromatic N) is 1. The van der Waals surface area contributed by atoms with E-state index in [2.05, 4.69) is 44.8 Å². The van der Waals surface area contributed by atoms with Gasteiger partial charge in [0.2, 0.25) is 0 Å². The van der Waals surface area contributed by atoms with E-state index in [1.165, 1.54) is 19.4 Å². The Morgan fingerprint density at radius 1 is 1.25 bits per heavy atom. The van der Waals surface area contributed by atoms with Gasteiger partial charge in [0, 0.05) is 12.1 Å². The molecule has 0 bridgehead atoms. The lowest BCUT2D eigenvalue weighted by molar-refractivity contribution is 0.119. The predicted molar refractivity (Wildman–Crippen MR) is 71.7 cm³/mol. The third-order valence-electron chi connectivity index (χ3n) is 4.17. The third-order valence-corrected chi connectivity index (χ3v) is 4.17. The molecule has 2 nitrogen and oxygen atoms in total. The Labute approximate surface area is 102 Å². The SMILES string of the molecule is CCNCC(C)C(C)N1CCCC1C(C)C. The lowest BCUT2D eigenvalue weighted by Crippen LogP contribution is -2.45. The van der Waals surface area contributed by atoms with Crippen LogP contribution in [0, 0.1) is 11.8 Å². The average Bonchev–Trinajstić information content (AvgIpc) is 2.73. The molecule has 96 valence electrons. The highest BCUT2D eigenvalue weighted by molar-refractivity contribution is 4.87. The highest BCUT2D eigenvalue weighted by Crippen LogP contribution is 2.28. The lowest BCUT2D eigenvalue weighted by atomic mass is 9.96. The van der Waals surface area contributed by atoms with E-state index in [9.17, 15) is 0 Å². The standard InChI is InChI=1S/C14H30N2/c1-6-15-10-12(4)13(5)16-9-7-8-14(16)11(2)3/h11-15H,6-10H2,1-5H3. The first-order valence-corrected chi connectivity index (χ1v) is 7.04. The molecule has 0 aromatic rings. The van der Waals surface area contributed by atoms with Crippen LogP contribution in [0.4, 0.5) is 0 Å². The topological polar surface area (TPSA) is 15.3 Å². The molecule has 1 heterocycles. The van der Waals surface area contributed by atoms with Gasteiger partial charge in [-0.15, -0.1) is 0 Å². The molecule has 0 spiro atoms. The Hall–Kier alpha value is -0.0800. The van der Waals surface area contributed by atoms with Crippen LogP contribution in [-0.2, 0) is 0 Å². The molecule has 0 radical (unpaired) electrons. The van der Waals surface area contributed by atoms with Crippen molar-refractivity contribution in [2.75, 3.05) is 19.6 Å². The van der Waals surface area contributed by atoms with Crippen molar-refractivity contribution < 1.29 is 0 Å². The molecule has 3 atom stereocenters. The fourth-order valence-electron chi connectivity index (χ4n) is 2.91. The van der Waals surface area contributed by atoms with Crippen molar-refractivity contribution >= 4 is 0 Å². The van der Waals surface area contributed by atoms with Crippen molar-refractivity contribution in [1.29, 1.82) is 0 Å². The minimum atomic E-state index is 0.717. The van der Waals surface area contributed by atoms with E-state index >= 15 is 0 Å². The molecule has 1 saturated heterocycles. The summed E-state index contributed by atoms with van der Waals surface area (Å²) in [5, 5.41) is 3.47. The van der Waals surface area contributed by atoms with Gasteiger partial charge >= 0.3 is 0 Å². The molecule has 0 saturated carbocycles. The maximum absolute atomic E-state index is 3.47. The summed E-state index contributed by atoms with van der Waals surface area (Å²) in [6.45, 7) is 15.2. The van der Waals surface area contributed by atoms with Crippen LogP contribution in [0.2, 0.25) is 0 Å². The second-order valence-electron chi connectivity index (χ2n) is 5.72. The van der Waals surface area contributed by atoms with Crippen LogP contribution in [-0.4, -0.2) is 36.6 Å². The number of likely N-dealkylation sites (tertiary alicyclic amines) is 1. The summed E-state index contributed by atoms with van der Waals surface area (Å²) in [6, 6.07) is 1.54. The maximum atomic E-state index is 3.47. The van der Waals surface area contributed by atoms with E-state index in [1.807, 2.05) is 0 Å². The van der Waals surface area contributed by atoms with Crippen LogP contribution >= 0.6 is 0 Å². The molecule has 1 aliphatic rings. The van der Waals surface area contributed by atoms with Crippen LogP contribution < -0.4 is 5.32 Å². The Morgan fingerprint density at radius 2 is 1.94 bits per heavy atom. The first-order chi connectivity index (χ1) is 7.57. The second kappa shape index (κ2) is 6.61. The summed E-state index contributed by atoms with van der Waals surface area (Å²) in [6.07, 6.45) is 2.79. The van der Waals surface area contributed by atoms with E-state index in [4.69, 9.17) is 0 Å². The lowest BCUT2D eigenvalue weighted by Gasteiger charge is -2.36. The summed E-state index contributed by atoms with van der Waals surface area (Å²) >= 11 is 0. The third kappa shape index (κ3) is 3.46. The van der Waals surface area contributed by atoms with E-state index in [-0.39, 0.29) is 0 Å². The van der Waals surface area contributed by atoms with Gasteiger partial charge in [-0.2, -0.15) is 0 Å². The second-order valence-corrected chi connectivity index (χ2v) is 5.72. The minimum absolute atomic E-state index is 0.717. The maximum Gasteiger partial charge on any atom is 0.0122 e. The zero-order valence-corrected chi connectivity index (χ0v) is 11.8. The van der Waals surface area contributed by atoms with Gasteiger partial charge in [0.15, 0.2) is 0 Å². The van der Waals surface area contributed by atoms with Crippen LogP contribution in [0.1, 0.15) is 47.5 Å². The summed E-state index contributed by atoms with van der Waals surface area (Å²) in [5.41, 5.74) is 0. The molecule has 0 aromatic carbocycles. The summed E-state index contributed by atoms with van der Waals surface area (Å²) in [7, 11) is 0. The average molecular weight is 226 g/mol. The van der Waals surface area contributed by atoms with Gasteiger partial charge in [-0.05, 0) is 51.2 Å². The zero-order valence-electron chi connectivity index (χ0n) is 11.8. The highest BCUT2D eigenvalue weighted by atomic mass is 15.2. The molecule has 0 aliphatic carbocycles. The van der Waals surface area contributed by atoms with Crippen molar-refractivity contribution in [2.45, 2.75) is 59.5 Å². The van der Waals surface area contributed by atoms with Gasteiger partial charge in [0.05, 0.1) is 0 Å². The molecule has 0 aromatic heterocycles. The Balaban J connectivity index is 2.48.